The predicted molar refractivity (Wildman–Crippen MR) is 81.1 cm³/mol. The molecule has 0 spiro atoms. The number of thiazole rings is 1. The lowest BCUT2D eigenvalue weighted by Gasteiger charge is -2.14. The second kappa shape index (κ2) is 6.45. The van der Waals surface area contributed by atoms with Crippen molar-refractivity contribution in [1.29, 1.82) is 0 Å². The summed E-state index contributed by atoms with van der Waals surface area (Å²) in [6, 6.07) is 8.85. The topological polar surface area (TPSA) is 24.9 Å². The summed E-state index contributed by atoms with van der Waals surface area (Å²) in [6.07, 6.45) is 1.05. The van der Waals surface area contributed by atoms with Crippen LogP contribution in [-0.4, -0.2) is 11.5 Å². The first-order valence-electron chi connectivity index (χ1n) is 6.04. The number of nitrogens with zero attached hydrogens (tertiary/aromatic N) is 1. The van der Waals surface area contributed by atoms with Crippen molar-refractivity contribution in [2.24, 2.45) is 0 Å². The molecule has 96 valence electrons. The molecule has 2 rings (SSSR count). The fourth-order valence-electron chi connectivity index (χ4n) is 1.84. The van der Waals surface area contributed by atoms with Crippen LogP contribution >= 0.6 is 27.3 Å². The predicted octanol–water partition coefficient (Wildman–Crippen LogP) is 4.11. The maximum Gasteiger partial charge on any atom is 0.0797 e. The molecule has 0 bridgehead atoms. The van der Waals surface area contributed by atoms with E-state index in [1.165, 1.54) is 10.4 Å². The van der Waals surface area contributed by atoms with Gasteiger partial charge in [-0.3, -0.25) is 0 Å². The van der Waals surface area contributed by atoms with Gasteiger partial charge >= 0.3 is 0 Å². The maximum atomic E-state index is 4.27. The first-order valence-corrected chi connectivity index (χ1v) is 7.72. The Hall–Kier alpha value is -0.710. The van der Waals surface area contributed by atoms with Gasteiger partial charge in [0.25, 0.3) is 0 Å². The number of hydrogen-bond donors (Lipinski definition) is 1. The van der Waals surface area contributed by atoms with E-state index in [1.54, 1.807) is 11.3 Å². The molecule has 1 atom stereocenters. The smallest absolute Gasteiger partial charge is 0.0797 e. The fraction of sp³-hybridized carbons (Fsp3) is 0.357. The summed E-state index contributed by atoms with van der Waals surface area (Å²) >= 11 is 5.20. The van der Waals surface area contributed by atoms with Crippen molar-refractivity contribution >= 4 is 27.3 Å². The Labute approximate surface area is 121 Å². The molecule has 2 nitrogen and oxygen atoms in total. The molecule has 0 saturated heterocycles. The molecule has 1 aromatic heterocycles. The van der Waals surface area contributed by atoms with Crippen LogP contribution in [0.3, 0.4) is 0 Å². The van der Waals surface area contributed by atoms with E-state index < -0.39 is 0 Å². The zero-order chi connectivity index (χ0) is 13.0. The number of nitrogens with one attached hydrogen (secondary N) is 1. The van der Waals surface area contributed by atoms with Crippen LogP contribution in [-0.2, 0) is 6.42 Å². The second-order valence-electron chi connectivity index (χ2n) is 4.34. The second-order valence-corrected chi connectivity index (χ2v) is 6.19. The molecule has 18 heavy (non-hydrogen) atoms. The highest BCUT2D eigenvalue weighted by molar-refractivity contribution is 9.10. The Balaban J connectivity index is 1.83. The van der Waals surface area contributed by atoms with Crippen LogP contribution in [0.25, 0.3) is 0 Å². The number of halogens is 1. The summed E-state index contributed by atoms with van der Waals surface area (Å²) in [7, 11) is 0. The maximum absolute atomic E-state index is 4.27. The number of aromatic nitrogens is 1. The molecule has 0 fully saturated rings. The highest BCUT2D eigenvalue weighted by Crippen LogP contribution is 2.17. The number of rotatable bonds is 5. The summed E-state index contributed by atoms with van der Waals surface area (Å²) in [5, 5.41) is 3.55. The molecule has 0 amide bonds. The Morgan fingerprint density at radius 3 is 2.67 bits per heavy atom. The zero-order valence-corrected chi connectivity index (χ0v) is 13.0. The molecule has 0 unspecified atom stereocenters. The van der Waals surface area contributed by atoms with Gasteiger partial charge in [0, 0.05) is 21.9 Å². The van der Waals surface area contributed by atoms with Gasteiger partial charge in [-0.05, 0) is 38.0 Å². The Morgan fingerprint density at radius 1 is 1.33 bits per heavy atom. The van der Waals surface area contributed by atoms with Crippen LogP contribution < -0.4 is 5.32 Å². The minimum absolute atomic E-state index is 0.381. The van der Waals surface area contributed by atoms with Crippen molar-refractivity contribution in [2.45, 2.75) is 26.3 Å². The number of aryl methyl sites for hydroxylation is 1. The molecular weight excluding hydrogens is 308 g/mol. The number of benzene rings is 1. The Bertz CT molecular complexity index is 493. The molecule has 0 radical (unpaired) electrons. The van der Waals surface area contributed by atoms with Crippen molar-refractivity contribution < 1.29 is 0 Å². The van der Waals surface area contributed by atoms with Gasteiger partial charge in [-0.1, -0.05) is 28.1 Å². The van der Waals surface area contributed by atoms with Crippen LogP contribution in [0.1, 0.15) is 29.1 Å². The highest BCUT2D eigenvalue weighted by atomic mass is 79.9. The molecule has 1 N–H and O–H groups in total. The van der Waals surface area contributed by atoms with E-state index in [4.69, 9.17) is 0 Å². The lowest BCUT2D eigenvalue weighted by atomic mass is 10.1. The van der Waals surface area contributed by atoms with Crippen LogP contribution in [0, 0.1) is 6.92 Å². The molecule has 1 heterocycles. The van der Waals surface area contributed by atoms with Gasteiger partial charge in [-0.15, -0.1) is 11.3 Å². The largest absolute Gasteiger partial charge is 0.310 e. The molecule has 1 aromatic carbocycles. The minimum atomic E-state index is 0.381. The Morgan fingerprint density at radius 2 is 2.06 bits per heavy atom. The Kier molecular flexibility index (Phi) is 4.92. The lowest BCUT2D eigenvalue weighted by molar-refractivity contribution is 0.578. The van der Waals surface area contributed by atoms with Gasteiger partial charge in [-0.2, -0.15) is 0 Å². The van der Waals surface area contributed by atoms with Gasteiger partial charge in [-0.25, -0.2) is 4.98 Å². The quantitative estimate of drug-likeness (QED) is 0.895. The monoisotopic (exact) mass is 324 g/mol. The molecule has 4 heteroatoms. The summed E-state index contributed by atoms with van der Waals surface area (Å²) in [5.74, 6) is 0. The minimum Gasteiger partial charge on any atom is -0.310 e. The average molecular weight is 325 g/mol. The van der Waals surface area contributed by atoms with Crippen molar-refractivity contribution in [3.63, 3.8) is 0 Å². The van der Waals surface area contributed by atoms with Crippen LogP contribution in [0.15, 0.2) is 34.2 Å². The van der Waals surface area contributed by atoms with E-state index in [2.05, 4.69) is 64.3 Å². The van der Waals surface area contributed by atoms with Gasteiger partial charge < -0.3 is 5.32 Å². The van der Waals surface area contributed by atoms with E-state index in [9.17, 15) is 0 Å². The van der Waals surface area contributed by atoms with Gasteiger partial charge in [0.15, 0.2) is 0 Å². The molecule has 0 saturated carbocycles. The van der Waals surface area contributed by atoms with E-state index in [0.717, 1.165) is 23.1 Å². The van der Waals surface area contributed by atoms with E-state index in [-0.39, 0.29) is 0 Å². The summed E-state index contributed by atoms with van der Waals surface area (Å²) < 4.78 is 1.12. The molecule has 0 aliphatic carbocycles. The first kappa shape index (κ1) is 13.7. The first-order chi connectivity index (χ1) is 8.66. The van der Waals surface area contributed by atoms with Gasteiger partial charge in [0.05, 0.1) is 11.2 Å². The molecule has 2 aromatic rings. The van der Waals surface area contributed by atoms with E-state index >= 15 is 0 Å². The van der Waals surface area contributed by atoms with Crippen molar-refractivity contribution in [3.05, 3.63) is 50.4 Å². The van der Waals surface area contributed by atoms with Crippen LogP contribution in [0.2, 0.25) is 0 Å². The summed E-state index contributed by atoms with van der Waals surface area (Å²) in [6.45, 7) is 5.26. The fourth-order valence-corrected chi connectivity index (χ4v) is 2.88. The standard InChI is InChI=1S/C14H17BrN2S/c1-10(12-3-5-13(15)6-4-12)16-8-7-14-11(2)17-9-18-14/h3-6,9-10,16H,7-8H2,1-2H3/t10-/m0/s1. The average Bonchev–Trinajstić information content (AvgIpc) is 2.76. The van der Waals surface area contributed by atoms with E-state index in [1.807, 2.05) is 5.51 Å². The SMILES string of the molecule is Cc1ncsc1CCN[C@@H](C)c1ccc(Br)cc1. The zero-order valence-electron chi connectivity index (χ0n) is 10.6. The van der Waals surface area contributed by atoms with Gasteiger partial charge in [0.1, 0.15) is 0 Å². The number of hydrogen-bond acceptors (Lipinski definition) is 3. The summed E-state index contributed by atoms with van der Waals surface area (Å²) in [4.78, 5) is 5.65. The third kappa shape index (κ3) is 3.64. The van der Waals surface area contributed by atoms with E-state index in [0.29, 0.717) is 6.04 Å². The molecule has 0 aliphatic heterocycles. The third-order valence-corrected chi connectivity index (χ3v) is 4.54. The van der Waals surface area contributed by atoms with Gasteiger partial charge in [0.2, 0.25) is 0 Å². The lowest BCUT2D eigenvalue weighted by Crippen LogP contribution is -2.21. The van der Waals surface area contributed by atoms with Crippen molar-refractivity contribution in [1.82, 2.24) is 10.3 Å². The normalized spacial score (nSPS) is 12.6. The van der Waals surface area contributed by atoms with Crippen LogP contribution in [0.4, 0.5) is 0 Å². The molecule has 0 aliphatic rings. The van der Waals surface area contributed by atoms with Crippen molar-refractivity contribution in [2.75, 3.05) is 6.54 Å². The van der Waals surface area contributed by atoms with Crippen LogP contribution in [0.5, 0.6) is 0 Å². The highest BCUT2D eigenvalue weighted by Gasteiger charge is 2.05. The summed E-state index contributed by atoms with van der Waals surface area (Å²) in [5.41, 5.74) is 4.40. The van der Waals surface area contributed by atoms with Crippen molar-refractivity contribution in [3.8, 4) is 0 Å². The molecular formula is C14H17BrN2S. The third-order valence-electron chi connectivity index (χ3n) is 3.02.